The van der Waals surface area contributed by atoms with E-state index in [1.54, 1.807) is 0 Å². The number of rotatable bonds is 4. The molecule has 0 aromatic rings. The number of nitrogens with zero attached hydrogens (tertiary/aromatic N) is 1. The zero-order valence-electron chi connectivity index (χ0n) is 10.2. The van der Waals surface area contributed by atoms with E-state index in [0.717, 1.165) is 17.8 Å². The van der Waals surface area contributed by atoms with Crippen LogP contribution < -0.4 is 5.32 Å². The first kappa shape index (κ1) is 12.0. The first-order chi connectivity index (χ1) is 6.65. The van der Waals surface area contributed by atoms with Gasteiger partial charge in [0.25, 0.3) is 0 Å². The minimum atomic E-state index is 0.805. The Hall–Kier alpha value is -0.0800. The SMILES string of the molecule is CNCC(C(C)C)C1CCCN(C)C1. The minimum absolute atomic E-state index is 0.805. The van der Waals surface area contributed by atoms with Crippen LogP contribution in [0.4, 0.5) is 0 Å². The maximum absolute atomic E-state index is 3.34. The van der Waals surface area contributed by atoms with Gasteiger partial charge < -0.3 is 10.2 Å². The van der Waals surface area contributed by atoms with Crippen LogP contribution in [0.1, 0.15) is 26.7 Å². The van der Waals surface area contributed by atoms with Crippen LogP contribution in [-0.4, -0.2) is 38.6 Å². The molecular formula is C12H26N2. The van der Waals surface area contributed by atoms with Gasteiger partial charge in [0.05, 0.1) is 0 Å². The Morgan fingerprint density at radius 3 is 2.64 bits per heavy atom. The molecule has 2 nitrogen and oxygen atoms in total. The molecule has 0 aromatic heterocycles. The molecule has 1 heterocycles. The van der Waals surface area contributed by atoms with Crippen molar-refractivity contribution in [2.75, 3.05) is 33.7 Å². The molecule has 0 spiro atoms. The van der Waals surface area contributed by atoms with Gasteiger partial charge in [-0.3, -0.25) is 0 Å². The third-order valence-corrected chi connectivity index (χ3v) is 3.56. The second-order valence-electron chi connectivity index (χ2n) is 5.13. The van der Waals surface area contributed by atoms with Crippen molar-refractivity contribution in [3.8, 4) is 0 Å². The third kappa shape index (κ3) is 3.25. The van der Waals surface area contributed by atoms with Gasteiger partial charge in [0.2, 0.25) is 0 Å². The van der Waals surface area contributed by atoms with Gasteiger partial charge in [-0.05, 0) is 57.8 Å². The van der Waals surface area contributed by atoms with Crippen LogP contribution in [0.2, 0.25) is 0 Å². The molecule has 1 aliphatic heterocycles. The van der Waals surface area contributed by atoms with E-state index in [1.165, 1.54) is 32.5 Å². The van der Waals surface area contributed by atoms with Crippen LogP contribution in [0.15, 0.2) is 0 Å². The highest BCUT2D eigenvalue weighted by Gasteiger charge is 2.27. The summed E-state index contributed by atoms with van der Waals surface area (Å²) in [5, 5.41) is 3.34. The Labute approximate surface area is 89.1 Å². The fourth-order valence-corrected chi connectivity index (χ4v) is 2.74. The smallest absolute Gasteiger partial charge is 0.000984 e. The monoisotopic (exact) mass is 198 g/mol. The molecule has 2 unspecified atom stereocenters. The number of nitrogens with one attached hydrogen (secondary N) is 1. The van der Waals surface area contributed by atoms with Gasteiger partial charge in [0.15, 0.2) is 0 Å². The number of piperidine rings is 1. The second-order valence-corrected chi connectivity index (χ2v) is 5.13. The molecule has 0 bridgehead atoms. The summed E-state index contributed by atoms with van der Waals surface area (Å²) in [6.45, 7) is 8.48. The quantitative estimate of drug-likeness (QED) is 0.741. The molecule has 0 radical (unpaired) electrons. The molecule has 84 valence electrons. The van der Waals surface area contributed by atoms with E-state index in [0.29, 0.717) is 0 Å². The van der Waals surface area contributed by atoms with Crippen LogP contribution in [0.25, 0.3) is 0 Å². The summed E-state index contributed by atoms with van der Waals surface area (Å²) in [5.41, 5.74) is 0. The molecule has 1 N–H and O–H groups in total. The zero-order valence-corrected chi connectivity index (χ0v) is 10.2. The van der Waals surface area contributed by atoms with Crippen LogP contribution in [0.3, 0.4) is 0 Å². The predicted octanol–water partition coefficient (Wildman–Crippen LogP) is 1.82. The highest BCUT2D eigenvalue weighted by molar-refractivity contribution is 4.80. The largest absolute Gasteiger partial charge is 0.319 e. The van der Waals surface area contributed by atoms with Crippen LogP contribution in [-0.2, 0) is 0 Å². The first-order valence-electron chi connectivity index (χ1n) is 5.98. The fourth-order valence-electron chi connectivity index (χ4n) is 2.74. The molecule has 0 amide bonds. The lowest BCUT2D eigenvalue weighted by atomic mass is 9.79. The Morgan fingerprint density at radius 1 is 1.43 bits per heavy atom. The van der Waals surface area contributed by atoms with Crippen molar-refractivity contribution >= 4 is 0 Å². The Kier molecular flexibility index (Phi) is 4.90. The van der Waals surface area contributed by atoms with E-state index in [9.17, 15) is 0 Å². The van der Waals surface area contributed by atoms with Gasteiger partial charge in [-0.1, -0.05) is 13.8 Å². The Morgan fingerprint density at radius 2 is 2.14 bits per heavy atom. The van der Waals surface area contributed by atoms with Crippen LogP contribution in [0.5, 0.6) is 0 Å². The normalized spacial score (nSPS) is 26.8. The van der Waals surface area contributed by atoms with E-state index in [2.05, 4.69) is 38.2 Å². The van der Waals surface area contributed by atoms with Crippen molar-refractivity contribution in [1.82, 2.24) is 10.2 Å². The standard InChI is InChI=1S/C12H26N2/c1-10(2)12(8-13-3)11-6-5-7-14(4)9-11/h10-13H,5-9H2,1-4H3. The molecule has 0 aromatic carbocycles. The first-order valence-corrected chi connectivity index (χ1v) is 5.98. The fraction of sp³-hybridized carbons (Fsp3) is 1.00. The number of likely N-dealkylation sites (tertiary alicyclic amines) is 1. The Balaban J connectivity index is 2.48. The molecule has 0 saturated carbocycles. The summed E-state index contributed by atoms with van der Waals surface area (Å²) in [7, 11) is 4.32. The molecule has 1 fully saturated rings. The van der Waals surface area contributed by atoms with E-state index in [4.69, 9.17) is 0 Å². The summed E-state index contributed by atoms with van der Waals surface area (Å²) in [6, 6.07) is 0. The van der Waals surface area contributed by atoms with Crippen molar-refractivity contribution in [1.29, 1.82) is 0 Å². The molecule has 2 atom stereocenters. The average Bonchev–Trinajstić information content (AvgIpc) is 2.13. The molecule has 1 saturated heterocycles. The lowest BCUT2D eigenvalue weighted by molar-refractivity contribution is 0.132. The van der Waals surface area contributed by atoms with Gasteiger partial charge in [0.1, 0.15) is 0 Å². The molecule has 2 heteroatoms. The average molecular weight is 198 g/mol. The maximum atomic E-state index is 3.34. The highest BCUT2D eigenvalue weighted by Crippen LogP contribution is 2.28. The topological polar surface area (TPSA) is 15.3 Å². The van der Waals surface area contributed by atoms with Gasteiger partial charge in [-0.2, -0.15) is 0 Å². The number of hydrogen-bond donors (Lipinski definition) is 1. The van der Waals surface area contributed by atoms with E-state index < -0.39 is 0 Å². The summed E-state index contributed by atoms with van der Waals surface area (Å²) in [4.78, 5) is 2.49. The molecule has 14 heavy (non-hydrogen) atoms. The molecule has 1 rings (SSSR count). The molecule has 0 aliphatic carbocycles. The van der Waals surface area contributed by atoms with Crippen molar-refractivity contribution in [3.05, 3.63) is 0 Å². The summed E-state index contributed by atoms with van der Waals surface area (Å²) >= 11 is 0. The van der Waals surface area contributed by atoms with Gasteiger partial charge in [0, 0.05) is 6.54 Å². The van der Waals surface area contributed by atoms with Crippen molar-refractivity contribution in [3.63, 3.8) is 0 Å². The third-order valence-electron chi connectivity index (χ3n) is 3.56. The lowest BCUT2D eigenvalue weighted by Crippen LogP contribution is -2.40. The van der Waals surface area contributed by atoms with Gasteiger partial charge in [-0.15, -0.1) is 0 Å². The summed E-state index contributed by atoms with van der Waals surface area (Å²) in [5.74, 6) is 2.56. The van der Waals surface area contributed by atoms with Crippen LogP contribution >= 0.6 is 0 Å². The van der Waals surface area contributed by atoms with Gasteiger partial charge >= 0.3 is 0 Å². The Bertz CT molecular complexity index is 156. The second kappa shape index (κ2) is 5.72. The van der Waals surface area contributed by atoms with Crippen molar-refractivity contribution < 1.29 is 0 Å². The molecule has 1 aliphatic rings. The maximum Gasteiger partial charge on any atom is 0.000984 e. The lowest BCUT2D eigenvalue weighted by Gasteiger charge is -2.37. The van der Waals surface area contributed by atoms with Crippen molar-refractivity contribution in [2.45, 2.75) is 26.7 Å². The number of hydrogen-bond acceptors (Lipinski definition) is 2. The summed E-state index contributed by atoms with van der Waals surface area (Å²) < 4.78 is 0. The van der Waals surface area contributed by atoms with Gasteiger partial charge in [-0.25, -0.2) is 0 Å². The van der Waals surface area contributed by atoms with E-state index in [1.807, 2.05) is 0 Å². The van der Waals surface area contributed by atoms with E-state index >= 15 is 0 Å². The van der Waals surface area contributed by atoms with E-state index in [-0.39, 0.29) is 0 Å². The minimum Gasteiger partial charge on any atom is -0.319 e. The molecular weight excluding hydrogens is 172 g/mol. The van der Waals surface area contributed by atoms with Crippen LogP contribution in [0, 0.1) is 17.8 Å². The highest BCUT2D eigenvalue weighted by atomic mass is 15.1. The zero-order chi connectivity index (χ0) is 10.6. The van der Waals surface area contributed by atoms with Crippen molar-refractivity contribution in [2.24, 2.45) is 17.8 Å². The predicted molar refractivity (Wildman–Crippen MR) is 62.5 cm³/mol. The summed E-state index contributed by atoms with van der Waals surface area (Å²) in [6.07, 6.45) is 2.81.